The number of benzene rings is 2. The molecule has 0 aliphatic rings. The number of alkyl halides is 1. The average molecular weight is 517 g/mol. The maximum absolute atomic E-state index is 11.3. The van der Waals surface area contributed by atoms with Gasteiger partial charge in [0.2, 0.25) is 10.0 Å². The number of hydrogen-bond acceptors (Lipinski definition) is 4. The highest BCUT2D eigenvalue weighted by Crippen LogP contribution is 2.40. The van der Waals surface area contributed by atoms with Gasteiger partial charge in [0, 0.05) is 17.3 Å². The summed E-state index contributed by atoms with van der Waals surface area (Å²) in [4.78, 5) is 4.25. The lowest BCUT2D eigenvalue weighted by molar-refractivity contribution is 0.343. The van der Waals surface area contributed by atoms with Gasteiger partial charge in [0.25, 0.3) is 0 Å². The monoisotopic (exact) mass is 515 g/mol. The third-order valence-electron chi connectivity index (χ3n) is 5.08. The molecule has 6 nitrogen and oxygen atoms in total. The molecular weight excluding hydrogens is 493 g/mol. The Morgan fingerprint density at radius 1 is 1.09 bits per heavy atom. The van der Waals surface area contributed by atoms with Gasteiger partial charge in [0.1, 0.15) is 6.61 Å². The standard InChI is InChI=1S/C22H24Cl3N3O3S/c1-22(2,16-10-19(24)21(20(25)11-16)31-9-8-23)15-4-6-18(7-5-15)28-13-17(26-14-28)12-27-32(3,29)30/h4-7,10-11,13-14,27H,8-9,12H2,1-3H3. The minimum atomic E-state index is -3.27. The lowest BCUT2D eigenvalue weighted by atomic mass is 9.78. The molecule has 0 saturated heterocycles. The number of halogens is 3. The van der Waals surface area contributed by atoms with E-state index in [2.05, 4.69) is 23.6 Å². The number of hydrogen-bond donors (Lipinski definition) is 1. The molecule has 0 aliphatic carbocycles. The molecule has 3 aromatic rings. The molecule has 172 valence electrons. The molecule has 10 heteroatoms. The van der Waals surface area contributed by atoms with Crippen LogP contribution in [0.25, 0.3) is 5.69 Å². The lowest BCUT2D eigenvalue weighted by Crippen LogP contribution is -2.21. The summed E-state index contributed by atoms with van der Waals surface area (Å²) < 4.78 is 32.3. The SMILES string of the molecule is CC(C)(c1ccc(-n2cnc(CNS(C)(=O)=O)c2)cc1)c1cc(Cl)c(OCCCl)c(Cl)c1. The van der Waals surface area contributed by atoms with Crippen LogP contribution in [-0.2, 0) is 22.0 Å². The summed E-state index contributed by atoms with van der Waals surface area (Å²) in [6, 6.07) is 11.7. The fourth-order valence-corrected chi connectivity index (χ4v) is 4.30. The van der Waals surface area contributed by atoms with Gasteiger partial charge in [0.05, 0.1) is 40.7 Å². The van der Waals surface area contributed by atoms with Crippen molar-refractivity contribution in [3.63, 3.8) is 0 Å². The molecule has 0 bridgehead atoms. The molecule has 0 atom stereocenters. The van der Waals surface area contributed by atoms with E-state index >= 15 is 0 Å². The molecule has 0 fully saturated rings. The van der Waals surface area contributed by atoms with E-state index in [0.29, 0.717) is 34.0 Å². The van der Waals surface area contributed by atoms with Crippen LogP contribution < -0.4 is 9.46 Å². The van der Waals surface area contributed by atoms with Crippen LogP contribution >= 0.6 is 34.8 Å². The molecule has 0 saturated carbocycles. The van der Waals surface area contributed by atoms with Gasteiger partial charge in [-0.05, 0) is 35.4 Å². The first-order valence-electron chi connectivity index (χ1n) is 9.78. The molecule has 1 heterocycles. The highest BCUT2D eigenvalue weighted by molar-refractivity contribution is 7.88. The Morgan fingerprint density at radius 2 is 1.72 bits per heavy atom. The van der Waals surface area contributed by atoms with E-state index in [-0.39, 0.29) is 12.0 Å². The third-order valence-corrected chi connectivity index (χ3v) is 6.47. The van der Waals surface area contributed by atoms with Crippen molar-refractivity contribution in [3.05, 3.63) is 75.8 Å². The van der Waals surface area contributed by atoms with E-state index in [1.165, 1.54) is 0 Å². The molecule has 0 amide bonds. The molecule has 0 unspecified atom stereocenters. The Hall–Kier alpha value is -1.77. The van der Waals surface area contributed by atoms with Crippen LogP contribution in [-0.4, -0.2) is 36.7 Å². The van der Waals surface area contributed by atoms with Crippen LogP contribution in [0.4, 0.5) is 0 Å². The highest BCUT2D eigenvalue weighted by atomic mass is 35.5. The molecule has 0 radical (unpaired) electrons. The predicted molar refractivity (Wildman–Crippen MR) is 130 cm³/mol. The zero-order chi connectivity index (χ0) is 23.5. The normalized spacial score (nSPS) is 12.2. The summed E-state index contributed by atoms with van der Waals surface area (Å²) in [7, 11) is -3.27. The average Bonchev–Trinajstić information content (AvgIpc) is 3.20. The largest absolute Gasteiger partial charge is 0.489 e. The van der Waals surface area contributed by atoms with Crippen molar-refractivity contribution in [2.75, 3.05) is 18.7 Å². The number of nitrogens with zero attached hydrogens (tertiary/aromatic N) is 2. The van der Waals surface area contributed by atoms with E-state index in [1.807, 2.05) is 41.0 Å². The second kappa shape index (κ2) is 10.0. The van der Waals surface area contributed by atoms with Crippen molar-refractivity contribution in [1.29, 1.82) is 0 Å². The Kier molecular flexibility index (Phi) is 7.78. The van der Waals surface area contributed by atoms with Gasteiger partial charge in [-0.2, -0.15) is 0 Å². The quantitative estimate of drug-likeness (QED) is 0.398. The van der Waals surface area contributed by atoms with Gasteiger partial charge in [0.15, 0.2) is 5.75 Å². The fraction of sp³-hybridized carbons (Fsp3) is 0.318. The summed E-state index contributed by atoms with van der Waals surface area (Å²) in [6.45, 7) is 4.65. The first-order valence-corrected chi connectivity index (χ1v) is 13.0. The van der Waals surface area contributed by atoms with Crippen LogP contribution in [0.15, 0.2) is 48.9 Å². The topological polar surface area (TPSA) is 73.2 Å². The van der Waals surface area contributed by atoms with Gasteiger partial charge >= 0.3 is 0 Å². The molecular formula is C22H24Cl3N3O3S. The second-order valence-corrected chi connectivity index (χ2v) is 10.9. The first-order chi connectivity index (χ1) is 15.0. The summed E-state index contributed by atoms with van der Waals surface area (Å²) >= 11 is 18.5. The van der Waals surface area contributed by atoms with E-state index in [0.717, 1.165) is 23.1 Å². The van der Waals surface area contributed by atoms with Crippen LogP contribution in [0.5, 0.6) is 5.75 Å². The van der Waals surface area contributed by atoms with E-state index in [1.54, 1.807) is 12.5 Å². The number of sulfonamides is 1. The smallest absolute Gasteiger partial charge is 0.209 e. The van der Waals surface area contributed by atoms with Crippen molar-refractivity contribution in [2.24, 2.45) is 0 Å². The summed E-state index contributed by atoms with van der Waals surface area (Å²) in [5, 5.41) is 0.881. The summed E-state index contributed by atoms with van der Waals surface area (Å²) in [6.07, 6.45) is 4.56. The highest BCUT2D eigenvalue weighted by Gasteiger charge is 2.25. The zero-order valence-corrected chi connectivity index (χ0v) is 21.0. The lowest BCUT2D eigenvalue weighted by Gasteiger charge is -2.27. The molecule has 1 aromatic heterocycles. The van der Waals surface area contributed by atoms with E-state index < -0.39 is 10.0 Å². The summed E-state index contributed by atoms with van der Waals surface area (Å²) in [5.74, 6) is 0.781. The van der Waals surface area contributed by atoms with Crippen molar-refractivity contribution in [2.45, 2.75) is 25.8 Å². The van der Waals surface area contributed by atoms with Crippen LogP contribution in [0.2, 0.25) is 10.0 Å². The van der Waals surface area contributed by atoms with E-state index in [9.17, 15) is 8.42 Å². The molecule has 3 rings (SSSR count). The second-order valence-electron chi connectivity index (χ2n) is 7.84. The van der Waals surface area contributed by atoms with Crippen LogP contribution in [0, 0.1) is 0 Å². The Morgan fingerprint density at radius 3 is 2.28 bits per heavy atom. The number of imidazole rings is 1. The Labute approximate surface area is 203 Å². The number of aromatic nitrogens is 2. The van der Waals surface area contributed by atoms with E-state index in [4.69, 9.17) is 39.5 Å². The molecule has 32 heavy (non-hydrogen) atoms. The minimum absolute atomic E-state index is 0.142. The van der Waals surface area contributed by atoms with Crippen molar-refractivity contribution >= 4 is 44.8 Å². The van der Waals surface area contributed by atoms with Gasteiger partial charge < -0.3 is 9.30 Å². The van der Waals surface area contributed by atoms with Gasteiger partial charge in [-0.1, -0.05) is 49.2 Å². The maximum Gasteiger partial charge on any atom is 0.209 e. The van der Waals surface area contributed by atoms with Gasteiger partial charge in [-0.3, -0.25) is 0 Å². The fourth-order valence-electron chi connectivity index (χ4n) is 3.22. The first kappa shape index (κ1) is 24.9. The van der Waals surface area contributed by atoms with Crippen molar-refractivity contribution in [3.8, 4) is 11.4 Å². The molecule has 0 aliphatic heterocycles. The Bertz CT molecular complexity index is 1170. The molecule has 1 N–H and O–H groups in total. The maximum atomic E-state index is 11.3. The predicted octanol–water partition coefficient (Wildman–Crippen LogP) is 5.17. The third kappa shape index (κ3) is 5.97. The molecule has 2 aromatic carbocycles. The van der Waals surface area contributed by atoms with Crippen molar-refractivity contribution in [1.82, 2.24) is 14.3 Å². The van der Waals surface area contributed by atoms with Crippen LogP contribution in [0.3, 0.4) is 0 Å². The van der Waals surface area contributed by atoms with Gasteiger partial charge in [-0.15, -0.1) is 11.6 Å². The van der Waals surface area contributed by atoms with Crippen LogP contribution in [0.1, 0.15) is 30.7 Å². The van der Waals surface area contributed by atoms with Gasteiger partial charge in [-0.25, -0.2) is 18.1 Å². The molecule has 0 spiro atoms. The number of ether oxygens (including phenoxy) is 1. The summed E-state index contributed by atoms with van der Waals surface area (Å²) in [5.41, 5.74) is 3.19. The zero-order valence-electron chi connectivity index (χ0n) is 17.9. The van der Waals surface area contributed by atoms with Crippen molar-refractivity contribution < 1.29 is 13.2 Å². The number of nitrogens with one attached hydrogen (secondary N) is 1. The number of rotatable bonds is 9. The minimum Gasteiger partial charge on any atom is -0.489 e. The Balaban J connectivity index is 1.81.